The summed E-state index contributed by atoms with van der Waals surface area (Å²) in [4.78, 5) is 5.73. The van der Waals surface area contributed by atoms with E-state index in [9.17, 15) is 0 Å². The molecule has 0 amide bonds. The number of aromatic nitrogens is 1. The summed E-state index contributed by atoms with van der Waals surface area (Å²) in [6.45, 7) is 6.28. The second-order valence-electron chi connectivity index (χ2n) is 5.26. The molecule has 0 saturated carbocycles. The molecule has 1 heterocycles. The Morgan fingerprint density at radius 1 is 1.14 bits per heavy atom. The van der Waals surface area contributed by atoms with Crippen LogP contribution in [-0.2, 0) is 6.54 Å². The maximum Gasteiger partial charge on any atom is 0.123 e. The Balaban J connectivity index is 2.13. The third-order valence-corrected chi connectivity index (χ3v) is 4.05. The molecule has 2 aromatic rings. The summed E-state index contributed by atoms with van der Waals surface area (Å²) in [5.41, 5.74) is 1.02. The number of nitrogens with one attached hydrogen (secondary N) is 1. The van der Waals surface area contributed by atoms with Gasteiger partial charge >= 0.3 is 0 Å². The first-order chi connectivity index (χ1) is 10.1. The predicted octanol–water partition coefficient (Wildman–Crippen LogP) is 3.57. The molecule has 0 fully saturated rings. The fourth-order valence-corrected chi connectivity index (χ4v) is 2.81. The topological polar surface area (TPSA) is 43.4 Å². The van der Waals surface area contributed by atoms with E-state index in [1.165, 1.54) is 4.88 Å². The summed E-state index contributed by atoms with van der Waals surface area (Å²) < 4.78 is 10.6. The molecule has 21 heavy (non-hydrogen) atoms. The largest absolute Gasteiger partial charge is 0.497 e. The van der Waals surface area contributed by atoms with Crippen LogP contribution in [0.5, 0.6) is 11.5 Å². The predicted molar refractivity (Wildman–Crippen MR) is 87.2 cm³/mol. The van der Waals surface area contributed by atoms with Crippen molar-refractivity contribution < 1.29 is 9.47 Å². The molecule has 114 valence electrons. The van der Waals surface area contributed by atoms with E-state index in [0.717, 1.165) is 35.2 Å². The maximum absolute atomic E-state index is 5.30. The lowest BCUT2D eigenvalue weighted by atomic mass is 10.2. The molecule has 2 rings (SSSR count). The molecule has 0 bridgehead atoms. The number of methoxy groups -OCH3 is 2. The van der Waals surface area contributed by atoms with Gasteiger partial charge in [-0.2, -0.15) is 0 Å². The summed E-state index contributed by atoms with van der Waals surface area (Å²) in [6, 6.07) is 5.82. The van der Waals surface area contributed by atoms with Gasteiger partial charge in [-0.15, -0.1) is 11.3 Å². The van der Waals surface area contributed by atoms with Crippen molar-refractivity contribution in [2.24, 2.45) is 5.92 Å². The first-order valence-corrected chi connectivity index (χ1v) is 7.83. The molecule has 1 aromatic carbocycles. The SMILES string of the molecule is COc1cc(OC)cc(-c2ncc(CNCC(C)C)s2)c1. The van der Waals surface area contributed by atoms with Crippen LogP contribution in [0.3, 0.4) is 0 Å². The van der Waals surface area contributed by atoms with Crippen LogP contribution in [0.2, 0.25) is 0 Å². The Kier molecular flexibility index (Phi) is 5.59. The van der Waals surface area contributed by atoms with Gasteiger partial charge in [0.05, 0.1) is 14.2 Å². The summed E-state index contributed by atoms with van der Waals surface area (Å²) in [5, 5.41) is 4.41. The van der Waals surface area contributed by atoms with Crippen molar-refractivity contribution in [3.8, 4) is 22.1 Å². The lowest BCUT2D eigenvalue weighted by Crippen LogP contribution is -2.18. The second kappa shape index (κ2) is 7.43. The van der Waals surface area contributed by atoms with Crippen molar-refractivity contribution in [3.63, 3.8) is 0 Å². The quantitative estimate of drug-likeness (QED) is 0.849. The van der Waals surface area contributed by atoms with E-state index < -0.39 is 0 Å². The molecule has 0 unspecified atom stereocenters. The van der Waals surface area contributed by atoms with Crippen molar-refractivity contribution in [2.45, 2.75) is 20.4 Å². The highest BCUT2D eigenvalue weighted by molar-refractivity contribution is 7.15. The Hall–Kier alpha value is -1.59. The molecule has 1 N–H and O–H groups in total. The van der Waals surface area contributed by atoms with Gasteiger partial charge in [-0.1, -0.05) is 13.8 Å². The van der Waals surface area contributed by atoms with Crippen LogP contribution in [0.25, 0.3) is 10.6 Å². The summed E-state index contributed by atoms with van der Waals surface area (Å²) >= 11 is 1.69. The molecule has 0 aliphatic rings. The van der Waals surface area contributed by atoms with Crippen molar-refractivity contribution in [3.05, 3.63) is 29.3 Å². The molecule has 1 aromatic heterocycles. The number of rotatable bonds is 7. The molecular weight excluding hydrogens is 284 g/mol. The monoisotopic (exact) mass is 306 g/mol. The first kappa shape index (κ1) is 15.8. The van der Waals surface area contributed by atoms with Crippen molar-refractivity contribution in [1.29, 1.82) is 0 Å². The standard InChI is InChI=1S/C16H22N2O2S/c1-11(2)8-17-9-15-10-18-16(21-15)12-5-13(19-3)7-14(6-12)20-4/h5-7,10-11,17H,8-9H2,1-4H3. The fraction of sp³-hybridized carbons (Fsp3) is 0.438. The van der Waals surface area contributed by atoms with Gasteiger partial charge in [-0.3, -0.25) is 0 Å². The molecule has 4 nitrogen and oxygen atoms in total. The Labute approximate surface area is 130 Å². The van der Waals surface area contributed by atoms with E-state index in [1.54, 1.807) is 25.6 Å². The highest BCUT2D eigenvalue weighted by atomic mass is 32.1. The number of benzene rings is 1. The molecule has 5 heteroatoms. The molecule has 0 radical (unpaired) electrons. The molecule has 0 aliphatic carbocycles. The Morgan fingerprint density at radius 2 is 1.81 bits per heavy atom. The second-order valence-corrected chi connectivity index (χ2v) is 6.37. The van der Waals surface area contributed by atoms with E-state index in [0.29, 0.717) is 5.92 Å². The fourth-order valence-electron chi connectivity index (χ4n) is 1.94. The van der Waals surface area contributed by atoms with Crippen LogP contribution in [-0.4, -0.2) is 25.7 Å². The zero-order valence-corrected chi connectivity index (χ0v) is 13.8. The maximum atomic E-state index is 5.30. The molecule has 0 spiro atoms. The van der Waals surface area contributed by atoms with E-state index in [1.807, 2.05) is 24.4 Å². The van der Waals surface area contributed by atoms with Crippen LogP contribution in [0.4, 0.5) is 0 Å². The number of hydrogen-bond acceptors (Lipinski definition) is 5. The summed E-state index contributed by atoms with van der Waals surface area (Å²) in [6.07, 6.45) is 1.93. The van der Waals surface area contributed by atoms with Crippen LogP contribution in [0, 0.1) is 5.92 Å². The van der Waals surface area contributed by atoms with Crippen molar-refractivity contribution in [2.75, 3.05) is 20.8 Å². The van der Waals surface area contributed by atoms with E-state index in [-0.39, 0.29) is 0 Å². The minimum atomic E-state index is 0.653. The number of nitrogens with zero attached hydrogens (tertiary/aromatic N) is 1. The molecular formula is C16H22N2O2S. The van der Waals surface area contributed by atoms with Crippen LogP contribution >= 0.6 is 11.3 Å². The zero-order valence-electron chi connectivity index (χ0n) is 13.0. The van der Waals surface area contributed by atoms with Gasteiger partial charge in [0.15, 0.2) is 0 Å². The minimum Gasteiger partial charge on any atom is -0.497 e. The van der Waals surface area contributed by atoms with Crippen molar-refractivity contribution >= 4 is 11.3 Å². The first-order valence-electron chi connectivity index (χ1n) is 7.01. The normalized spacial score (nSPS) is 10.9. The number of ether oxygens (including phenoxy) is 2. The van der Waals surface area contributed by atoms with E-state index in [4.69, 9.17) is 9.47 Å². The highest BCUT2D eigenvalue weighted by Gasteiger charge is 2.08. The molecule has 0 atom stereocenters. The van der Waals surface area contributed by atoms with Crippen LogP contribution < -0.4 is 14.8 Å². The van der Waals surface area contributed by atoms with Gasteiger partial charge in [0.25, 0.3) is 0 Å². The third kappa shape index (κ3) is 4.44. The lowest BCUT2D eigenvalue weighted by molar-refractivity contribution is 0.394. The third-order valence-electron chi connectivity index (χ3n) is 3.00. The van der Waals surface area contributed by atoms with E-state index >= 15 is 0 Å². The van der Waals surface area contributed by atoms with Crippen LogP contribution in [0.15, 0.2) is 24.4 Å². The molecule has 0 saturated heterocycles. The van der Waals surface area contributed by atoms with Gasteiger partial charge in [-0.25, -0.2) is 4.98 Å². The smallest absolute Gasteiger partial charge is 0.123 e. The van der Waals surface area contributed by atoms with Crippen molar-refractivity contribution in [1.82, 2.24) is 10.3 Å². The lowest BCUT2D eigenvalue weighted by Gasteiger charge is -2.06. The van der Waals surface area contributed by atoms with Gasteiger partial charge in [0, 0.05) is 29.2 Å². The van der Waals surface area contributed by atoms with Gasteiger partial charge in [-0.05, 0) is 24.6 Å². The highest BCUT2D eigenvalue weighted by Crippen LogP contribution is 2.32. The molecule has 0 aliphatic heterocycles. The van der Waals surface area contributed by atoms with Crippen LogP contribution in [0.1, 0.15) is 18.7 Å². The van der Waals surface area contributed by atoms with Gasteiger partial charge < -0.3 is 14.8 Å². The Morgan fingerprint density at radius 3 is 2.38 bits per heavy atom. The average molecular weight is 306 g/mol. The summed E-state index contributed by atoms with van der Waals surface area (Å²) in [5.74, 6) is 2.21. The average Bonchev–Trinajstić information content (AvgIpc) is 2.95. The van der Waals surface area contributed by atoms with Gasteiger partial charge in [0.1, 0.15) is 16.5 Å². The Bertz CT molecular complexity index is 559. The number of hydrogen-bond donors (Lipinski definition) is 1. The zero-order chi connectivity index (χ0) is 15.2. The minimum absolute atomic E-state index is 0.653. The summed E-state index contributed by atoms with van der Waals surface area (Å²) in [7, 11) is 3.31. The number of thiazole rings is 1. The van der Waals surface area contributed by atoms with Gasteiger partial charge in [0.2, 0.25) is 0 Å². The van der Waals surface area contributed by atoms with E-state index in [2.05, 4.69) is 24.1 Å².